The van der Waals surface area contributed by atoms with Crippen LogP contribution >= 0.6 is 0 Å². The van der Waals surface area contributed by atoms with Gasteiger partial charge >= 0.3 is 0 Å². The molecule has 0 spiro atoms. The summed E-state index contributed by atoms with van der Waals surface area (Å²) in [5, 5.41) is 3.27. The SMILES string of the molecule is CNC(Cc1cnccc1N)c1cccnc1. The Hall–Kier alpha value is -1.94. The zero-order valence-corrected chi connectivity index (χ0v) is 9.80. The first kappa shape index (κ1) is 11.5. The van der Waals surface area contributed by atoms with E-state index in [1.54, 1.807) is 12.4 Å². The summed E-state index contributed by atoms with van der Waals surface area (Å²) in [7, 11) is 1.93. The molecule has 0 aromatic carbocycles. The molecule has 0 saturated heterocycles. The number of hydrogen-bond donors (Lipinski definition) is 2. The van der Waals surface area contributed by atoms with Crippen LogP contribution in [0.2, 0.25) is 0 Å². The molecule has 2 heterocycles. The number of likely N-dealkylation sites (N-methyl/N-ethyl adjacent to an activating group) is 1. The average Bonchev–Trinajstić information content (AvgIpc) is 2.39. The van der Waals surface area contributed by atoms with Gasteiger partial charge in [-0.25, -0.2) is 0 Å². The molecule has 88 valence electrons. The Morgan fingerprint density at radius 2 is 2.06 bits per heavy atom. The van der Waals surface area contributed by atoms with Crippen LogP contribution in [0.25, 0.3) is 0 Å². The lowest BCUT2D eigenvalue weighted by molar-refractivity contribution is 0.590. The van der Waals surface area contributed by atoms with Gasteiger partial charge < -0.3 is 11.1 Å². The van der Waals surface area contributed by atoms with E-state index in [1.807, 2.05) is 31.6 Å². The Balaban J connectivity index is 2.19. The second-order valence-corrected chi connectivity index (χ2v) is 3.91. The maximum atomic E-state index is 5.92. The number of pyridine rings is 2. The lowest BCUT2D eigenvalue weighted by Crippen LogP contribution is -2.19. The minimum absolute atomic E-state index is 0.204. The average molecular weight is 228 g/mol. The summed E-state index contributed by atoms with van der Waals surface area (Å²) in [4.78, 5) is 8.23. The van der Waals surface area contributed by atoms with Crippen molar-refractivity contribution in [3.8, 4) is 0 Å². The van der Waals surface area contributed by atoms with Crippen molar-refractivity contribution in [3.05, 3.63) is 54.1 Å². The summed E-state index contributed by atoms with van der Waals surface area (Å²) < 4.78 is 0. The topological polar surface area (TPSA) is 63.8 Å². The van der Waals surface area contributed by atoms with E-state index in [-0.39, 0.29) is 6.04 Å². The highest BCUT2D eigenvalue weighted by molar-refractivity contribution is 5.45. The van der Waals surface area contributed by atoms with Crippen molar-refractivity contribution in [1.82, 2.24) is 15.3 Å². The largest absolute Gasteiger partial charge is 0.398 e. The molecule has 1 unspecified atom stereocenters. The van der Waals surface area contributed by atoms with E-state index in [4.69, 9.17) is 5.73 Å². The molecule has 0 aliphatic rings. The fraction of sp³-hybridized carbons (Fsp3) is 0.231. The van der Waals surface area contributed by atoms with Gasteiger partial charge in [0.15, 0.2) is 0 Å². The number of nitrogens with two attached hydrogens (primary N) is 1. The van der Waals surface area contributed by atoms with Crippen LogP contribution in [-0.2, 0) is 6.42 Å². The van der Waals surface area contributed by atoms with Gasteiger partial charge in [0.05, 0.1) is 0 Å². The number of anilines is 1. The van der Waals surface area contributed by atoms with E-state index < -0.39 is 0 Å². The molecule has 1 atom stereocenters. The number of aromatic nitrogens is 2. The second kappa shape index (κ2) is 5.41. The number of rotatable bonds is 4. The molecule has 4 nitrogen and oxygen atoms in total. The molecular weight excluding hydrogens is 212 g/mol. The first-order chi connectivity index (χ1) is 8.31. The van der Waals surface area contributed by atoms with Gasteiger partial charge in [0.25, 0.3) is 0 Å². The Kier molecular flexibility index (Phi) is 3.67. The van der Waals surface area contributed by atoms with Gasteiger partial charge in [0.1, 0.15) is 0 Å². The minimum atomic E-state index is 0.204. The van der Waals surface area contributed by atoms with Crippen LogP contribution in [0.15, 0.2) is 43.0 Å². The van der Waals surface area contributed by atoms with Crippen molar-refractivity contribution >= 4 is 5.69 Å². The van der Waals surface area contributed by atoms with E-state index in [2.05, 4.69) is 21.4 Å². The monoisotopic (exact) mass is 228 g/mol. The highest BCUT2D eigenvalue weighted by atomic mass is 14.9. The molecule has 0 aliphatic carbocycles. The lowest BCUT2D eigenvalue weighted by atomic mass is 10.0. The normalized spacial score (nSPS) is 12.3. The third-order valence-electron chi connectivity index (χ3n) is 2.80. The molecular formula is C13H16N4. The summed E-state index contributed by atoms with van der Waals surface area (Å²) in [5.41, 5.74) is 8.90. The zero-order chi connectivity index (χ0) is 12.1. The predicted octanol–water partition coefficient (Wildman–Crippen LogP) is 1.56. The van der Waals surface area contributed by atoms with Crippen molar-refractivity contribution in [2.24, 2.45) is 0 Å². The molecule has 0 aliphatic heterocycles. The smallest absolute Gasteiger partial charge is 0.0378 e. The van der Waals surface area contributed by atoms with Crippen LogP contribution in [-0.4, -0.2) is 17.0 Å². The minimum Gasteiger partial charge on any atom is -0.398 e. The third kappa shape index (κ3) is 2.79. The number of nitrogen functional groups attached to an aromatic ring is 1. The van der Waals surface area contributed by atoms with Gasteiger partial charge in [-0.2, -0.15) is 0 Å². The van der Waals surface area contributed by atoms with E-state index in [0.717, 1.165) is 23.2 Å². The highest BCUT2D eigenvalue weighted by Crippen LogP contribution is 2.20. The first-order valence-electron chi connectivity index (χ1n) is 5.57. The van der Waals surface area contributed by atoms with Crippen molar-refractivity contribution in [2.75, 3.05) is 12.8 Å². The number of hydrogen-bond acceptors (Lipinski definition) is 4. The maximum Gasteiger partial charge on any atom is 0.0378 e. The Labute approximate surface area is 101 Å². The van der Waals surface area contributed by atoms with Gasteiger partial charge in [-0.1, -0.05) is 6.07 Å². The molecule has 0 amide bonds. The standard InChI is InChI=1S/C13H16N4/c1-15-13(10-3-2-5-16-8-10)7-11-9-17-6-4-12(11)14/h2-6,8-9,13,15H,7H2,1H3,(H2,14,17). The molecule has 3 N–H and O–H groups in total. The van der Waals surface area contributed by atoms with Crippen LogP contribution in [0.4, 0.5) is 5.69 Å². The van der Waals surface area contributed by atoms with Gasteiger partial charge in [-0.05, 0) is 36.7 Å². The summed E-state index contributed by atoms with van der Waals surface area (Å²) in [5.74, 6) is 0. The lowest BCUT2D eigenvalue weighted by Gasteiger charge is -2.17. The van der Waals surface area contributed by atoms with Crippen molar-refractivity contribution < 1.29 is 0 Å². The molecule has 0 radical (unpaired) electrons. The molecule has 2 aromatic heterocycles. The van der Waals surface area contributed by atoms with Crippen LogP contribution < -0.4 is 11.1 Å². The van der Waals surface area contributed by atoms with Crippen molar-refractivity contribution in [1.29, 1.82) is 0 Å². The summed E-state index contributed by atoms with van der Waals surface area (Å²) >= 11 is 0. The van der Waals surface area contributed by atoms with Crippen LogP contribution in [0.1, 0.15) is 17.2 Å². The summed E-state index contributed by atoms with van der Waals surface area (Å²) in [6.07, 6.45) is 7.97. The third-order valence-corrected chi connectivity index (χ3v) is 2.80. The van der Waals surface area contributed by atoms with Crippen molar-refractivity contribution in [2.45, 2.75) is 12.5 Å². The Morgan fingerprint density at radius 3 is 2.71 bits per heavy atom. The van der Waals surface area contributed by atoms with E-state index in [9.17, 15) is 0 Å². The molecule has 4 heteroatoms. The molecule has 0 fully saturated rings. The van der Waals surface area contributed by atoms with E-state index >= 15 is 0 Å². The fourth-order valence-electron chi connectivity index (χ4n) is 1.80. The molecule has 2 rings (SSSR count). The van der Waals surface area contributed by atoms with Crippen LogP contribution in [0.3, 0.4) is 0 Å². The quantitative estimate of drug-likeness (QED) is 0.833. The zero-order valence-electron chi connectivity index (χ0n) is 9.80. The molecule has 17 heavy (non-hydrogen) atoms. The fourth-order valence-corrected chi connectivity index (χ4v) is 1.80. The summed E-state index contributed by atoms with van der Waals surface area (Å²) in [6.45, 7) is 0. The molecule has 2 aromatic rings. The number of nitrogens with one attached hydrogen (secondary N) is 1. The van der Waals surface area contributed by atoms with Crippen LogP contribution in [0, 0.1) is 0 Å². The highest BCUT2D eigenvalue weighted by Gasteiger charge is 2.11. The van der Waals surface area contributed by atoms with Gasteiger partial charge in [-0.3, -0.25) is 9.97 Å². The van der Waals surface area contributed by atoms with Gasteiger partial charge in [-0.15, -0.1) is 0 Å². The van der Waals surface area contributed by atoms with Gasteiger partial charge in [0, 0.05) is 36.5 Å². The first-order valence-corrected chi connectivity index (χ1v) is 5.57. The maximum absolute atomic E-state index is 5.92. The van der Waals surface area contributed by atoms with E-state index in [0.29, 0.717) is 0 Å². The molecule has 0 bridgehead atoms. The van der Waals surface area contributed by atoms with E-state index in [1.165, 1.54) is 0 Å². The molecule has 0 saturated carbocycles. The van der Waals surface area contributed by atoms with Crippen molar-refractivity contribution in [3.63, 3.8) is 0 Å². The van der Waals surface area contributed by atoms with Gasteiger partial charge in [0.2, 0.25) is 0 Å². The second-order valence-electron chi connectivity index (χ2n) is 3.91. The Bertz CT molecular complexity index is 470. The van der Waals surface area contributed by atoms with Crippen LogP contribution in [0.5, 0.6) is 0 Å². The predicted molar refractivity (Wildman–Crippen MR) is 68.4 cm³/mol. The Morgan fingerprint density at radius 1 is 1.24 bits per heavy atom. The summed E-state index contributed by atoms with van der Waals surface area (Å²) in [6, 6.07) is 6.02. The number of nitrogens with zero attached hydrogens (tertiary/aromatic N) is 2.